The van der Waals surface area contributed by atoms with E-state index in [1.54, 1.807) is 11.7 Å². The third-order valence-corrected chi connectivity index (χ3v) is 4.72. The van der Waals surface area contributed by atoms with Crippen LogP contribution in [0.1, 0.15) is 38.2 Å². The SMILES string of the molecule is CNC(=O)[C@H]1CN(CCCC(=O)NCC(C)C)C[C@@H]1c1cnn(C)c1. The molecular weight excluding hydrogens is 318 g/mol. The average Bonchev–Trinajstić information content (AvgIpc) is 3.18. The number of hydrogen-bond acceptors (Lipinski definition) is 4. The van der Waals surface area contributed by atoms with Crippen LogP contribution in [0.3, 0.4) is 0 Å². The zero-order valence-electron chi connectivity index (χ0n) is 15.8. The number of aryl methyl sites for hydroxylation is 1. The first-order chi connectivity index (χ1) is 11.9. The molecule has 2 heterocycles. The number of nitrogens with one attached hydrogen (secondary N) is 2. The van der Waals surface area contributed by atoms with Gasteiger partial charge in [-0.15, -0.1) is 0 Å². The van der Waals surface area contributed by atoms with Crippen molar-refractivity contribution >= 4 is 11.8 Å². The molecule has 25 heavy (non-hydrogen) atoms. The Morgan fingerprint density at radius 2 is 2.12 bits per heavy atom. The van der Waals surface area contributed by atoms with E-state index in [-0.39, 0.29) is 23.7 Å². The maximum atomic E-state index is 12.3. The number of hydrogen-bond donors (Lipinski definition) is 2. The van der Waals surface area contributed by atoms with Crippen molar-refractivity contribution in [1.82, 2.24) is 25.3 Å². The normalized spacial score (nSPS) is 20.8. The van der Waals surface area contributed by atoms with E-state index in [0.29, 0.717) is 12.3 Å². The summed E-state index contributed by atoms with van der Waals surface area (Å²) in [5.74, 6) is 0.744. The minimum Gasteiger partial charge on any atom is -0.359 e. The van der Waals surface area contributed by atoms with E-state index in [0.717, 1.165) is 38.2 Å². The van der Waals surface area contributed by atoms with Crippen molar-refractivity contribution in [3.05, 3.63) is 18.0 Å². The van der Waals surface area contributed by atoms with Crippen LogP contribution in [0.5, 0.6) is 0 Å². The number of aromatic nitrogens is 2. The number of amides is 2. The fourth-order valence-electron chi connectivity index (χ4n) is 3.36. The lowest BCUT2D eigenvalue weighted by atomic mass is 9.90. The summed E-state index contributed by atoms with van der Waals surface area (Å²) in [7, 11) is 3.57. The Balaban J connectivity index is 1.86. The van der Waals surface area contributed by atoms with Crippen LogP contribution in [-0.2, 0) is 16.6 Å². The van der Waals surface area contributed by atoms with Gasteiger partial charge in [-0.25, -0.2) is 0 Å². The fraction of sp³-hybridized carbons (Fsp3) is 0.722. The van der Waals surface area contributed by atoms with E-state index in [9.17, 15) is 9.59 Å². The third-order valence-electron chi connectivity index (χ3n) is 4.72. The zero-order chi connectivity index (χ0) is 18.4. The predicted octanol–water partition coefficient (Wildman–Crippen LogP) is 0.734. The molecule has 0 aliphatic carbocycles. The standard InChI is InChI=1S/C18H31N5O2/c1-13(2)8-20-17(24)6-5-7-23-11-15(14-9-21-22(4)10-14)16(12-23)18(25)19-3/h9-10,13,15-16H,5-8,11-12H2,1-4H3,(H,19,25)(H,20,24)/t15-,16+/m1/s1. The predicted molar refractivity (Wildman–Crippen MR) is 97.0 cm³/mol. The lowest BCUT2D eigenvalue weighted by molar-refractivity contribution is -0.124. The largest absolute Gasteiger partial charge is 0.359 e. The summed E-state index contributed by atoms with van der Waals surface area (Å²) in [5.41, 5.74) is 1.10. The molecule has 0 aromatic carbocycles. The molecule has 0 radical (unpaired) electrons. The lowest BCUT2D eigenvalue weighted by Gasteiger charge is -2.15. The molecule has 2 N–H and O–H groups in total. The molecule has 7 heteroatoms. The summed E-state index contributed by atoms with van der Waals surface area (Å²) >= 11 is 0. The van der Waals surface area contributed by atoms with Gasteiger partial charge in [-0.3, -0.25) is 14.3 Å². The quantitative estimate of drug-likeness (QED) is 0.725. The molecule has 1 aliphatic heterocycles. The summed E-state index contributed by atoms with van der Waals surface area (Å²) in [6.45, 7) is 7.29. The van der Waals surface area contributed by atoms with Gasteiger partial charge in [0, 0.05) is 52.3 Å². The van der Waals surface area contributed by atoms with Crippen LogP contribution in [0, 0.1) is 11.8 Å². The summed E-state index contributed by atoms with van der Waals surface area (Å²) in [5, 5.41) is 9.97. The second kappa shape index (κ2) is 8.99. The molecule has 140 valence electrons. The molecule has 0 saturated carbocycles. The van der Waals surface area contributed by atoms with Gasteiger partial charge in [0.2, 0.25) is 11.8 Å². The number of nitrogens with zero attached hydrogens (tertiary/aromatic N) is 3. The van der Waals surface area contributed by atoms with Crippen LogP contribution in [0.25, 0.3) is 0 Å². The van der Waals surface area contributed by atoms with Gasteiger partial charge in [-0.2, -0.15) is 5.10 Å². The van der Waals surface area contributed by atoms with Gasteiger partial charge >= 0.3 is 0 Å². The van der Waals surface area contributed by atoms with E-state index in [4.69, 9.17) is 0 Å². The van der Waals surface area contributed by atoms with E-state index < -0.39 is 0 Å². The number of likely N-dealkylation sites (tertiary alicyclic amines) is 1. The van der Waals surface area contributed by atoms with Gasteiger partial charge in [0.15, 0.2) is 0 Å². The first-order valence-corrected chi connectivity index (χ1v) is 9.10. The van der Waals surface area contributed by atoms with Gasteiger partial charge in [-0.1, -0.05) is 13.8 Å². The topological polar surface area (TPSA) is 79.3 Å². The molecule has 7 nitrogen and oxygen atoms in total. The molecule has 0 bridgehead atoms. The maximum absolute atomic E-state index is 12.3. The average molecular weight is 349 g/mol. The van der Waals surface area contributed by atoms with Crippen LogP contribution in [-0.4, -0.2) is 59.7 Å². The van der Waals surface area contributed by atoms with Crippen molar-refractivity contribution in [3.63, 3.8) is 0 Å². The van der Waals surface area contributed by atoms with E-state index in [1.807, 2.05) is 19.4 Å². The Kier molecular flexibility index (Phi) is 6.99. The first-order valence-electron chi connectivity index (χ1n) is 9.10. The number of carbonyl (C=O) groups excluding carboxylic acids is 2. The highest BCUT2D eigenvalue weighted by Crippen LogP contribution is 2.32. The van der Waals surface area contributed by atoms with Gasteiger partial charge in [0.1, 0.15) is 0 Å². The summed E-state index contributed by atoms with van der Waals surface area (Å²) < 4.78 is 1.78. The Bertz CT molecular complexity index is 584. The van der Waals surface area contributed by atoms with Gasteiger partial charge < -0.3 is 15.5 Å². The molecule has 0 spiro atoms. The Morgan fingerprint density at radius 3 is 2.72 bits per heavy atom. The van der Waals surface area contributed by atoms with E-state index in [1.165, 1.54) is 0 Å². The third kappa shape index (κ3) is 5.56. The minimum absolute atomic E-state index is 0.0658. The zero-order valence-corrected chi connectivity index (χ0v) is 15.8. The number of rotatable bonds is 8. The fourth-order valence-corrected chi connectivity index (χ4v) is 3.36. The highest BCUT2D eigenvalue weighted by molar-refractivity contribution is 5.80. The molecule has 1 aromatic heterocycles. The van der Waals surface area contributed by atoms with Crippen LogP contribution < -0.4 is 10.6 Å². The molecule has 1 aliphatic rings. The highest BCUT2D eigenvalue weighted by atomic mass is 16.2. The molecule has 1 aromatic rings. The first kappa shape index (κ1) is 19.4. The molecule has 0 unspecified atom stereocenters. The summed E-state index contributed by atoms with van der Waals surface area (Å²) in [6, 6.07) is 0. The highest BCUT2D eigenvalue weighted by Gasteiger charge is 2.38. The molecule has 2 atom stereocenters. The monoisotopic (exact) mass is 349 g/mol. The van der Waals surface area contributed by atoms with Crippen molar-refractivity contribution in [1.29, 1.82) is 0 Å². The molecule has 2 amide bonds. The second-order valence-electron chi connectivity index (χ2n) is 7.34. The Labute approximate surface area is 150 Å². The Hall–Kier alpha value is -1.89. The van der Waals surface area contributed by atoms with E-state index in [2.05, 4.69) is 34.5 Å². The lowest BCUT2D eigenvalue weighted by Crippen LogP contribution is -2.32. The Morgan fingerprint density at radius 1 is 1.36 bits per heavy atom. The smallest absolute Gasteiger partial charge is 0.224 e. The van der Waals surface area contributed by atoms with Crippen molar-refractivity contribution in [2.75, 3.05) is 33.2 Å². The van der Waals surface area contributed by atoms with Crippen LogP contribution in [0.2, 0.25) is 0 Å². The molecule has 1 saturated heterocycles. The van der Waals surface area contributed by atoms with Crippen molar-refractivity contribution in [2.45, 2.75) is 32.6 Å². The van der Waals surface area contributed by atoms with Crippen molar-refractivity contribution in [3.8, 4) is 0 Å². The second-order valence-corrected chi connectivity index (χ2v) is 7.34. The summed E-state index contributed by atoms with van der Waals surface area (Å²) in [6.07, 6.45) is 5.18. The van der Waals surface area contributed by atoms with Gasteiger partial charge in [0.05, 0.1) is 12.1 Å². The molecular formula is C18H31N5O2. The van der Waals surface area contributed by atoms with Crippen LogP contribution in [0.4, 0.5) is 0 Å². The summed E-state index contributed by atoms with van der Waals surface area (Å²) in [4.78, 5) is 26.4. The van der Waals surface area contributed by atoms with Crippen LogP contribution in [0.15, 0.2) is 12.4 Å². The van der Waals surface area contributed by atoms with E-state index >= 15 is 0 Å². The van der Waals surface area contributed by atoms with Crippen LogP contribution >= 0.6 is 0 Å². The van der Waals surface area contributed by atoms with Crippen molar-refractivity contribution in [2.24, 2.45) is 18.9 Å². The van der Waals surface area contributed by atoms with Gasteiger partial charge in [0.25, 0.3) is 0 Å². The van der Waals surface area contributed by atoms with Gasteiger partial charge in [-0.05, 0) is 24.4 Å². The number of carbonyl (C=O) groups is 2. The minimum atomic E-state index is -0.0658. The molecule has 2 rings (SSSR count). The maximum Gasteiger partial charge on any atom is 0.224 e. The van der Waals surface area contributed by atoms with Crippen molar-refractivity contribution < 1.29 is 9.59 Å². The molecule has 1 fully saturated rings.